The predicted molar refractivity (Wildman–Crippen MR) is 70.6 cm³/mol. The van der Waals surface area contributed by atoms with Gasteiger partial charge in [0.25, 0.3) is 5.56 Å². The van der Waals surface area contributed by atoms with Crippen LogP contribution < -0.4 is 5.56 Å². The molecule has 0 bridgehead atoms. The van der Waals surface area contributed by atoms with Gasteiger partial charge in [-0.2, -0.15) is 5.26 Å². The highest BCUT2D eigenvalue weighted by Gasteiger charge is 2.10. The monoisotopic (exact) mass is 265 g/mol. The number of nitrogens with one attached hydrogen (secondary N) is 1. The van der Waals surface area contributed by atoms with Gasteiger partial charge in [0.2, 0.25) is 0 Å². The molecular formula is C12H12ClN3O2. The van der Waals surface area contributed by atoms with Crippen LogP contribution in [0, 0.1) is 18.3 Å². The zero-order chi connectivity index (χ0) is 11.5. The van der Waals surface area contributed by atoms with E-state index in [-0.39, 0.29) is 29.0 Å². The largest absolute Gasteiger partial charge is 0.412 e. The van der Waals surface area contributed by atoms with Gasteiger partial charge in [0.05, 0.1) is 5.69 Å². The van der Waals surface area contributed by atoms with Crippen molar-refractivity contribution in [3.05, 3.63) is 52.1 Å². The third kappa shape index (κ3) is 2.94. The lowest BCUT2D eigenvalue weighted by Crippen LogP contribution is -2.12. The average Bonchev–Trinajstić information content (AvgIpc) is 2.29. The van der Waals surface area contributed by atoms with Crippen LogP contribution in [0.1, 0.15) is 11.3 Å². The van der Waals surface area contributed by atoms with E-state index in [1.54, 1.807) is 31.3 Å². The first kappa shape index (κ1) is 15.8. The van der Waals surface area contributed by atoms with Crippen LogP contribution in [-0.2, 0) is 0 Å². The summed E-state index contributed by atoms with van der Waals surface area (Å²) >= 11 is 0. The number of nitrogens with zero attached hydrogens (tertiary/aromatic N) is 2. The lowest BCUT2D eigenvalue weighted by molar-refractivity contribution is 0.824. The third-order valence-electron chi connectivity index (χ3n) is 2.22. The number of aromatic amines is 1. The van der Waals surface area contributed by atoms with Gasteiger partial charge in [-0.25, -0.2) is 0 Å². The fraction of sp³-hybridized carbons (Fsp3) is 0.0833. The van der Waals surface area contributed by atoms with Crippen molar-refractivity contribution >= 4 is 12.4 Å². The molecule has 0 aliphatic rings. The van der Waals surface area contributed by atoms with Crippen molar-refractivity contribution in [1.29, 1.82) is 5.26 Å². The maximum Gasteiger partial charge on any atom is 0.266 e. The van der Waals surface area contributed by atoms with E-state index in [0.29, 0.717) is 17.0 Å². The van der Waals surface area contributed by atoms with Gasteiger partial charge in [-0.05, 0) is 25.1 Å². The second kappa shape index (κ2) is 6.55. The van der Waals surface area contributed by atoms with Gasteiger partial charge in [-0.3, -0.25) is 9.78 Å². The summed E-state index contributed by atoms with van der Waals surface area (Å²) in [5.74, 6) is 0. The fourth-order valence-electron chi connectivity index (χ4n) is 1.52. The van der Waals surface area contributed by atoms with Crippen LogP contribution in [0.25, 0.3) is 11.3 Å². The van der Waals surface area contributed by atoms with Gasteiger partial charge < -0.3 is 10.5 Å². The first-order valence-corrected chi connectivity index (χ1v) is 4.78. The highest BCUT2D eigenvalue weighted by Crippen LogP contribution is 2.18. The van der Waals surface area contributed by atoms with Crippen molar-refractivity contribution < 1.29 is 5.48 Å². The molecule has 0 saturated heterocycles. The van der Waals surface area contributed by atoms with Crippen LogP contribution in [0.2, 0.25) is 0 Å². The number of H-pyrrole nitrogens is 1. The minimum atomic E-state index is -0.372. The lowest BCUT2D eigenvalue weighted by Gasteiger charge is -2.03. The van der Waals surface area contributed by atoms with Crippen LogP contribution in [0.15, 0.2) is 35.3 Å². The summed E-state index contributed by atoms with van der Waals surface area (Å²) in [5.41, 5.74) is 1.65. The summed E-state index contributed by atoms with van der Waals surface area (Å²) in [7, 11) is 0. The maximum absolute atomic E-state index is 11.6. The van der Waals surface area contributed by atoms with Crippen molar-refractivity contribution in [3.63, 3.8) is 0 Å². The molecule has 0 aliphatic carbocycles. The van der Waals surface area contributed by atoms with E-state index in [1.165, 1.54) is 0 Å². The molecule has 94 valence electrons. The van der Waals surface area contributed by atoms with Crippen molar-refractivity contribution in [2.24, 2.45) is 0 Å². The van der Waals surface area contributed by atoms with Gasteiger partial charge in [-0.1, -0.05) is 6.07 Å². The van der Waals surface area contributed by atoms with Crippen LogP contribution in [-0.4, -0.2) is 15.4 Å². The van der Waals surface area contributed by atoms with Gasteiger partial charge >= 0.3 is 0 Å². The SMILES string of the molecule is Cc1cc(-c2ccccn2)c(C#N)c(=O)[nH]1.Cl.O. The number of nitriles is 1. The molecule has 2 aromatic rings. The van der Waals surface area contributed by atoms with Crippen LogP contribution in [0.5, 0.6) is 0 Å². The Labute approximate surface area is 110 Å². The van der Waals surface area contributed by atoms with Gasteiger partial charge in [0, 0.05) is 17.5 Å². The number of aryl methyl sites for hydroxylation is 1. The molecule has 5 nitrogen and oxygen atoms in total. The number of hydrogen-bond donors (Lipinski definition) is 1. The summed E-state index contributed by atoms with van der Waals surface area (Å²) in [6.45, 7) is 1.77. The van der Waals surface area contributed by atoms with E-state index in [9.17, 15) is 4.79 Å². The van der Waals surface area contributed by atoms with Crippen molar-refractivity contribution in [2.75, 3.05) is 0 Å². The number of aromatic nitrogens is 2. The quantitative estimate of drug-likeness (QED) is 0.838. The average molecular weight is 266 g/mol. The molecular weight excluding hydrogens is 254 g/mol. The zero-order valence-corrected chi connectivity index (χ0v) is 10.4. The lowest BCUT2D eigenvalue weighted by atomic mass is 10.1. The van der Waals surface area contributed by atoms with E-state index in [0.717, 1.165) is 0 Å². The Morgan fingerprint density at radius 1 is 1.39 bits per heavy atom. The zero-order valence-electron chi connectivity index (χ0n) is 9.60. The first-order chi connectivity index (χ1) is 7.72. The molecule has 6 heteroatoms. The second-order valence-corrected chi connectivity index (χ2v) is 3.40. The van der Waals surface area contributed by atoms with Gasteiger partial charge in [0.15, 0.2) is 0 Å². The van der Waals surface area contributed by atoms with Gasteiger partial charge in [0.1, 0.15) is 11.6 Å². The van der Waals surface area contributed by atoms with Crippen LogP contribution >= 0.6 is 12.4 Å². The van der Waals surface area contributed by atoms with Crippen molar-refractivity contribution in [3.8, 4) is 17.3 Å². The van der Waals surface area contributed by atoms with E-state index < -0.39 is 0 Å². The Balaban J connectivity index is 0.00000144. The summed E-state index contributed by atoms with van der Waals surface area (Å²) in [6, 6.07) is 9.04. The molecule has 0 amide bonds. The normalized spacial score (nSPS) is 8.67. The Kier molecular flexibility index (Phi) is 5.76. The molecule has 0 unspecified atom stereocenters. The molecule has 3 N–H and O–H groups in total. The number of pyridine rings is 2. The summed E-state index contributed by atoms with van der Waals surface area (Å²) < 4.78 is 0. The Morgan fingerprint density at radius 2 is 2.11 bits per heavy atom. The minimum Gasteiger partial charge on any atom is -0.412 e. The molecule has 0 aromatic carbocycles. The first-order valence-electron chi connectivity index (χ1n) is 4.78. The molecule has 0 radical (unpaired) electrons. The third-order valence-corrected chi connectivity index (χ3v) is 2.22. The predicted octanol–water partition coefficient (Wildman–Crippen LogP) is 1.21. The molecule has 0 saturated carbocycles. The number of rotatable bonds is 1. The van der Waals surface area contributed by atoms with E-state index in [4.69, 9.17) is 5.26 Å². The topological polar surface area (TPSA) is 101 Å². The van der Waals surface area contributed by atoms with Crippen molar-refractivity contribution in [1.82, 2.24) is 9.97 Å². The summed E-state index contributed by atoms with van der Waals surface area (Å²) in [6.07, 6.45) is 1.63. The fourth-order valence-corrected chi connectivity index (χ4v) is 1.52. The Morgan fingerprint density at radius 3 is 2.67 bits per heavy atom. The second-order valence-electron chi connectivity index (χ2n) is 3.40. The molecule has 0 aliphatic heterocycles. The van der Waals surface area contributed by atoms with Gasteiger partial charge in [-0.15, -0.1) is 12.4 Å². The molecule has 0 atom stereocenters. The number of halogens is 1. The molecule has 2 rings (SSSR count). The Bertz CT molecular complexity index is 617. The van der Waals surface area contributed by atoms with E-state index in [1.807, 2.05) is 12.1 Å². The molecule has 0 fully saturated rings. The highest BCUT2D eigenvalue weighted by atomic mass is 35.5. The van der Waals surface area contributed by atoms with Crippen LogP contribution in [0.3, 0.4) is 0 Å². The number of hydrogen-bond acceptors (Lipinski definition) is 3. The van der Waals surface area contributed by atoms with E-state index >= 15 is 0 Å². The minimum absolute atomic E-state index is 0. The standard InChI is InChI=1S/C12H9N3O.ClH.H2O/c1-8-6-9(10(7-13)12(16)15-8)11-4-2-3-5-14-11;;/h2-6H,1H3,(H,15,16);1H;1H2. The van der Waals surface area contributed by atoms with E-state index in [2.05, 4.69) is 9.97 Å². The summed E-state index contributed by atoms with van der Waals surface area (Å²) in [4.78, 5) is 18.3. The maximum atomic E-state index is 11.6. The molecule has 0 spiro atoms. The summed E-state index contributed by atoms with van der Waals surface area (Å²) in [5, 5.41) is 8.95. The molecule has 2 aromatic heterocycles. The smallest absolute Gasteiger partial charge is 0.266 e. The van der Waals surface area contributed by atoms with Crippen LogP contribution in [0.4, 0.5) is 0 Å². The van der Waals surface area contributed by atoms with Crippen molar-refractivity contribution in [2.45, 2.75) is 6.92 Å². The highest BCUT2D eigenvalue weighted by molar-refractivity contribution is 5.85. The Hall–Kier alpha value is -2.16. The molecule has 2 heterocycles. The molecule has 18 heavy (non-hydrogen) atoms.